The van der Waals surface area contributed by atoms with Crippen LogP contribution in [0.4, 0.5) is 10.1 Å². The first-order chi connectivity index (χ1) is 8.65. The first-order valence-corrected chi connectivity index (χ1v) is 7.36. The van der Waals surface area contributed by atoms with Crippen molar-refractivity contribution in [2.75, 3.05) is 25.2 Å². The molecule has 102 valence electrons. The molecule has 1 aromatic rings. The van der Waals surface area contributed by atoms with Crippen LogP contribution < -0.4 is 4.90 Å². The molecule has 0 aromatic heterocycles. The van der Waals surface area contributed by atoms with Gasteiger partial charge in [0.2, 0.25) is 0 Å². The van der Waals surface area contributed by atoms with E-state index in [0.717, 1.165) is 12.0 Å². The molecule has 0 aliphatic rings. The van der Waals surface area contributed by atoms with Crippen LogP contribution in [0.5, 0.6) is 0 Å². The molecule has 0 heterocycles. The fraction of sp³-hybridized carbons (Fsp3) is 0.571. The average Bonchev–Trinajstić information content (AvgIpc) is 2.39. The zero-order valence-corrected chi connectivity index (χ0v) is 12.8. The highest BCUT2D eigenvalue weighted by Gasteiger charge is 2.19. The predicted octanol–water partition coefficient (Wildman–Crippen LogP) is 3.97. The van der Waals surface area contributed by atoms with E-state index in [-0.39, 0.29) is 11.9 Å². The molecule has 0 bridgehead atoms. The van der Waals surface area contributed by atoms with Gasteiger partial charge in [-0.05, 0) is 25.0 Å². The van der Waals surface area contributed by atoms with Gasteiger partial charge in [-0.3, -0.25) is 0 Å². The average molecular weight is 318 g/mol. The summed E-state index contributed by atoms with van der Waals surface area (Å²) in [7, 11) is 1.67. The van der Waals surface area contributed by atoms with Crippen LogP contribution in [-0.2, 0) is 10.1 Å². The van der Waals surface area contributed by atoms with Crippen LogP contribution in [0.15, 0.2) is 18.2 Å². The lowest BCUT2D eigenvalue weighted by Crippen LogP contribution is -2.36. The van der Waals surface area contributed by atoms with Crippen molar-refractivity contribution in [3.63, 3.8) is 0 Å². The molecular weight excluding hydrogens is 297 g/mol. The number of nitrogens with zero attached hydrogens (tertiary/aromatic N) is 1. The third-order valence-electron chi connectivity index (χ3n) is 3.16. The van der Waals surface area contributed by atoms with Crippen molar-refractivity contribution >= 4 is 21.6 Å². The molecule has 1 atom stereocenters. The van der Waals surface area contributed by atoms with Crippen molar-refractivity contribution in [1.29, 1.82) is 0 Å². The van der Waals surface area contributed by atoms with Gasteiger partial charge in [0, 0.05) is 25.0 Å². The summed E-state index contributed by atoms with van der Waals surface area (Å²) >= 11 is 3.43. The minimum absolute atomic E-state index is 0.164. The van der Waals surface area contributed by atoms with Crippen molar-refractivity contribution in [2.45, 2.75) is 31.6 Å². The molecule has 0 spiro atoms. The van der Waals surface area contributed by atoms with Gasteiger partial charge >= 0.3 is 0 Å². The smallest absolute Gasteiger partial charge is 0.146 e. The number of ether oxygens (including phenoxy) is 1. The normalized spacial score (nSPS) is 12.5. The summed E-state index contributed by atoms with van der Waals surface area (Å²) in [6, 6.07) is 5.51. The Labute approximate surface area is 117 Å². The highest BCUT2D eigenvalue weighted by Crippen LogP contribution is 2.28. The zero-order chi connectivity index (χ0) is 13.5. The molecule has 0 radical (unpaired) electrons. The number of para-hydroxylation sites is 1. The van der Waals surface area contributed by atoms with Crippen LogP contribution in [0.2, 0.25) is 0 Å². The molecule has 0 saturated carbocycles. The minimum Gasteiger partial charge on any atom is -0.383 e. The van der Waals surface area contributed by atoms with Crippen molar-refractivity contribution < 1.29 is 9.13 Å². The van der Waals surface area contributed by atoms with Crippen LogP contribution in [-0.4, -0.2) is 26.3 Å². The second-order valence-electron chi connectivity index (χ2n) is 4.32. The largest absolute Gasteiger partial charge is 0.383 e. The maximum Gasteiger partial charge on any atom is 0.146 e. The molecule has 2 nitrogen and oxygen atoms in total. The summed E-state index contributed by atoms with van der Waals surface area (Å²) in [4.78, 5) is 2.09. The van der Waals surface area contributed by atoms with Gasteiger partial charge in [-0.25, -0.2) is 4.39 Å². The second-order valence-corrected chi connectivity index (χ2v) is 4.89. The van der Waals surface area contributed by atoms with Crippen LogP contribution in [0.1, 0.15) is 25.8 Å². The Bertz CT molecular complexity index is 373. The topological polar surface area (TPSA) is 12.5 Å². The van der Waals surface area contributed by atoms with Gasteiger partial charge < -0.3 is 9.64 Å². The van der Waals surface area contributed by atoms with E-state index in [2.05, 4.69) is 34.7 Å². The number of hydrogen-bond acceptors (Lipinski definition) is 2. The van der Waals surface area contributed by atoms with Gasteiger partial charge in [0.05, 0.1) is 12.3 Å². The highest BCUT2D eigenvalue weighted by molar-refractivity contribution is 9.08. The quantitative estimate of drug-likeness (QED) is 0.705. The van der Waals surface area contributed by atoms with Crippen LogP contribution in [0.25, 0.3) is 0 Å². The van der Waals surface area contributed by atoms with Gasteiger partial charge in [0.15, 0.2) is 0 Å². The number of halogens is 2. The molecule has 18 heavy (non-hydrogen) atoms. The van der Waals surface area contributed by atoms with E-state index in [1.807, 2.05) is 6.07 Å². The maximum absolute atomic E-state index is 14.1. The number of methoxy groups -OCH3 is 1. The number of hydrogen-bond donors (Lipinski definition) is 0. The molecule has 1 unspecified atom stereocenters. The molecule has 0 aliphatic carbocycles. The van der Waals surface area contributed by atoms with Gasteiger partial charge in [0.1, 0.15) is 5.82 Å². The van der Waals surface area contributed by atoms with Crippen molar-refractivity contribution in [1.82, 2.24) is 0 Å². The Morgan fingerprint density at radius 2 is 2.17 bits per heavy atom. The molecular formula is C14H21BrFNO. The number of rotatable bonds is 7. The Kier molecular flexibility index (Phi) is 6.65. The molecule has 0 fully saturated rings. The first-order valence-electron chi connectivity index (χ1n) is 6.24. The first kappa shape index (κ1) is 15.4. The van der Waals surface area contributed by atoms with Crippen molar-refractivity contribution in [3.05, 3.63) is 29.6 Å². The van der Waals surface area contributed by atoms with Gasteiger partial charge in [-0.15, -0.1) is 0 Å². The van der Waals surface area contributed by atoms with Gasteiger partial charge in [-0.1, -0.05) is 35.0 Å². The molecule has 0 amide bonds. The standard InChI is InChI=1S/C14H21BrFNO/c1-4-11(2)17(8-9-18-3)14-12(10-15)6-5-7-13(14)16/h5-7,11H,4,8-10H2,1-3H3. The summed E-state index contributed by atoms with van der Waals surface area (Å²) in [5, 5.41) is 0.653. The van der Waals surface area contributed by atoms with Crippen molar-refractivity contribution in [2.24, 2.45) is 0 Å². The predicted molar refractivity (Wildman–Crippen MR) is 78.0 cm³/mol. The summed E-state index contributed by atoms with van der Waals surface area (Å²) in [6.07, 6.45) is 0.972. The van der Waals surface area contributed by atoms with Crippen molar-refractivity contribution in [3.8, 4) is 0 Å². The van der Waals surface area contributed by atoms with Crippen LogP contribution in [0, 0.1) is 5.82 Å². The van der Waals surface area contributed by atoms with E-state index in [0.29, 0.717) is 24.2 Å². The summed E-state index contributed by atoms with van der Waals surface area (Å²) in [5.41, 5.74) is 1.67. The van der Waals surface area contributed by atoms with E-state index in [1.165, 1.54) is 6.07 Å². The molecule has 1 rings (SSSR count). The summed E-state index contributed by atoms with van der Waals surface area (Å²) in [6.45, 7) is 5.52. The molecule has 1 aromatic carbocycles. The Morgan fingerprint density at radius 1 is 1.44 bits per heavy atom. The Balaban J connectivity index is 3.10. The number of benzene rings is 1. The zero-order valence-electron chi connectivity index (χ0n) is 11.2. The van der Waals surface area contributed by atoms with E-state index in [4.69, 9.17) is 4.74 Å². The highest BCUT2D eigenvalue weighted by atomic mass is 79.9. The van der Waals surface area contributed by atoms with E-state index >= 15 is 0 Å². The number of anilines is 1. The lowest BCUT2D eigenvalue weighted by Gasteiger charge is -2.32. The van der Waals surface area contributed by atoms with E-state index in [9.17, 15) is 4.39 Å². The lowest BCUT2D eigenvalue weighted by molar-refractivity contribution is 0.203. The van der Waals surface area contributed by atoms with Crippen LogP contribution >= 0.6 is 15.9 Å². The lowest BCUT2D eigenvalue weighted by atomic mass is 10.1. The monoisotopic (exact) mass is 317 g/mol. The second kappa shape index (κ2) is 7.74. The number of alkyl halides is 1. The fourth-order valence-corrected chi connectivity index (χ4v) is 2.40. The van der Waals surface area contributed by atoms with E-state index < -0.39 is 0 Å². The van der Waals surface area contributed by atoms with Gasteiger partial charge in [-0.2, -0.15) is 0 Å². The third-order valence-corrected chi connectivity index (χ3v) is 3.76. The molecule has 0 saturated heterocycles. The molecule has 4 heteroatoms. The molecule has 0 aliphatic heterocycles. The maximum atomic E-state index is 14.1. The summed E-state index contributed by atoms with van der Waals surface area (Å²) < 4.78 is 19.2. The Morgan fingerprint density at radius 3 is 2.72 bits per heavy atom. The molecule has 0 N–H and O–H groups in total. The Hall–Kier alpha value is -0.610. The van der Waals surface area contributed by atoms with E-state index in [1.54, 1.807) is 13.2 Å². The summed E-state index contributed by atoms with van der Waals surface area (Å²) in [5.74, 6) is -0.164. The minimum atomic E-state index is -0.164. The SMILES string of the molecule is CCC(C)N(CCOC)c1c(F)cccc1CBr. The van der Waals surface area contributed by atoms with Crippen LogP contribution in [0.3, 0.4) is 0 Å². The van der Waals surface area contributed by atoms with Gasteiger partial charge in [0.25, 0.3) is 0 Å². The fourth-order valence-electron chi connectivity index (χ4n) is 1.95. The third kappa shape index (κ3) is 3.69.